The Morgan fingerprint density at radius 2 is 1.84 bits per heavy atom. The van der Waals surface area contributed by atoms with Crippen molar-refractivity contribution in [3.63, 3.8) is 0 Å². The van der Waals surface area contributed by atoms with Gasteiger partial charge >= 0.3 is 0 Å². The number of hydrogen-bond acceptors (Lipinski definition) is 2. The van der Waals surface area contributed by atoms with Crippen LogP contribution in [-0.4, -0.2) is 5.11 Å². The Labute approximate surface area is 122 Å². The van der Waals surface area contributed by atoms with Gasteiger partial charge in [-0.1, -0.05) is 58.4 Å². The summed E-state index contributed by atoms with van der Waals surface area (Å²) in [5.74, 6) is 0. The summed E-state index contributed by atoms with van der Waals surface area (Å²) in [7, 11) is 0. The van der Waals surface area contributed by atoms with Crippen LogP contribution >= 0.6 is 15.9 Å². The largest absolute Gasteiger partial charge is 0.392 e. The van der Waals surface area contributed by atoms with E-state index >= 15 is 0 Å². The first-order valence-electron chi connectivity index (χ1n) is 6.37. The minimum absolute atomic E-state index is 0.0909. The van der Waals surface area contributed by atoms with Crippen LogP contribution in [0.5, 0.6) is 0 Å². The molecule has 1 atom stereocenters. The highest BCUT2D eigenvalue weighted by Gasteiger charge is 2.07. The molecule has 19 heavy (non-hydrogen) atoms. The average Bonchev–Trinajstić information content (AvgIpc) is 2.45. The maximum atomic E-state index is 9.13. The minimum atomic E-state index is 0.0909. The third-order valence-corrected chi connectivity index (χ3v) is 3.88. The Bertz CT molecular complexity index is 542. The van der Waals surface area contributed by atoms with Crippen molar-refractivity contribution >= 4 is 15.9 Å². The van der Waals surface area contributed by atoms with Crippen LogP contribution in [0.1, 0.15) is 29.7 Å². The fraction of sp³-hybridized carbons (Fsp3) is 0.250. The van der Waals surface area contributed by atoms with E-state index in [1.165, 1.54) is 11.1 Å². The second-order valence-corrected chi connectivity index (χ2v) is 5.46. The highest BCUT2D eigenvalue weighted by molar-refractivity contribution is 9.10. The van der Waals surface area contributed by atoms with E-state index in [2.05, 4.69) is 46.4 Å². The lowest BCUT2D eigenvalue weighted by molar-refractivity contribution is 0.281. The van der Waals surface area contributed by atoms with Gasteiger partial charge in [-0.05, 0) is 29.7 Å². The summed E-state index contributed by atoms with van der Waals surface area (Å²) in [4.78, 5) is 0. The van der Waals surface area contributed by atoms with Gasteiger partial charge in [0.05, 0.1) is 6.61 Å². The zero-order chi connectivity index (χ0) is 13.7. The van der Waals surface area contributed by atoms with Crippen LogP contribution in [-0.2, 0) is 13.2 Å². The van der Waals surface area contributed by atoms with Crippen molar-refractivity contribution in [2.45, 2.75) is 26.1 Å². The summed E-state index contributed by atoms with van der Waals surface area (Å²) in [5.41, 5.74) is 3.39. The lowest BCUT2D eigenvalue weighted by Gasteiger charge is -2.16. The number of nitrogens with one attached hydrogen (secondary N) is 1. The molecule has 0 saturated carbocycles. The number of rotatable bonds is 5. The summed E-state index contributed by atoms with van der Waals surface area (Å²) in [6, 6.07) is 16.5. The highest BCUT2D eigenvalue weighted by atomic mass is 79.9. The fourth-order valence-electron chi connectivity index (χ4n) is 2.05. The molecule has 100 valence electrons. The van der Waals surface area contributed by atoms with Gasteiger partial charge in [-0.3, -0.25) is 0 Å². The Morgan fingerprint density at radius 1 is 1.11 bits per heavy atom. The predicted molar refractivity (Wildman–Crippen MR) is 81.8 cm³/mol. The number of aliphatic hydroxyl groups is 1. The van der Waals surface area contributed by atoms with E-state index in [0.717, 1.165) is 16.6 Å². The molecule has 2 aromatic rings. The zero-order valence-electron chi connectivity index (χ0n) is 10.9. The molecule has 0 aliphatic carbocycles. The molecule has 0 bridgehead atoms. The van der Waals surface area contributed by atoms with Gasteiger partial charge in [0.2, 0.25) is 0 Å². The Morgan fingerprint density at radius 3 is 2.58 bits per heavy atom. The van der Waals surface area contributed by atoms with Gasteiger partial charge in [0.15, 0.2) is 0 Å². The summed E-state index contributed by atoms with van der Waals surface area (Å²) in [6.07, 6.45) is 0. The molecule has 0 fully saturated rings. The average molecular weight is 320 g/mol. The van der Waals surface area contributed by atoms with Crippen molar-refractivity contribution in [3.8, 4) is 0 Å². The van der Waals surface area contributed by atoms with Gasteiger partial charge in [-0.15, -0.1) is 0 Å². The van der Waals surface area contributed by atoms with Gasteiger partial charge in [0.1, 0.15) is 0 Å². The van der Waals surface area contributed by atoms with Crippen molar-refractivity contribution in [2.24, 2.45) is 0 Å². The van der Waals surface area contributed by atoms with Gasteiger partial charge in [-0.2, -0.15) is 0 Å². The van der Waals surface area contributed by atoms with Crippen LogP contribution in [0.2, 0.25) is 0 Å². The topological polar surface area (TPSA) is 32.3 Å². The predicted octanol–water partition coefficient (Wildman–Crippen LogP) is 3.79. The molecule has 1 unspecified atom stereocenters. The maximum Gasteiger partial charge on any atom is 0.0681 e. The van der Waals surface area contributed by atoms with Crippen molar-refractivity contribution in [3.05, 3.63) is 69.7 Å². The lowest BCUT2D eigenvalue weighted by atomic mass is 10.1. The van der Waals surface area contributed by atoms with Gasteiger partial charge in [0, 0.05) is 17.1 Å². The number of benzene rings is 2. The van der Waals surface area contributed by atoms with Gasteiger partial charge in [-0.25, -0.2) is 0 Å². The first-order valence-corrected chi connectivity index (χ1v) is 7.16. The maximum absolute atomic E-state index is 9.13. The number of aliphatic hydroxyl groups excluding tert-OH is 1. The van der Waals surface area contributed by atoms with Gasteiger partial charge < -0.3 is 10.4 Å². The van der Waals surface area contributed by atoms with E-state index in [0.29, 0.717) is 0 Å². The van der Waals surface area contributed by atoms with Crippen LogP contribution < -0.4 is 5.32 Å². The summed E-state index contributed by atoms with van der Waals surface area (Å²) in [6.45, 7) is 3.03. The Balaban J connectivity index is 2.00. The monoisotopic (exact) mass is 319 g/mol. The fourth-order valence-corrected chi connectivity index (χ4v) is 2.67. The van der Waals surface area contributed by atoms with Crippen LogP contribution in [0.15, 0.2) is 53.0 Å². The van der Waals surface area contributed by atoms with E-state index in [9.17, 15) is 0 Å². The first kappa shape index (κ1) is 14.3. The third kappa shape index (κ3) is 3.90. The molecule has 0 saturated heterocycles. The second kappa shape index (κ2) is 6.85. The van der Waals surface area contributed by atoms with Crippen molar-refractivity contribution in [2.75, 3.05) is 0 Å². The third-order valence-electron chi connectivity index (χ3n) is 3.16. The van der Waals surface area contributed by atoms with Crippen LogP contribution in [0.3, 0.4) is 0 Å². The second-order valence-electron chi connectivity index (χ2n) is 4.60. The molecule has 2 N–H and O–H groups in total. The van der Waals surface area contributed by atoms with E-state index in [-0.39, 0.29) is 12.6 Å². The van der Waals surface area contributed by atoms with Crippen molar-refractivity contribution in [1.82, 2.24) is 5.32 Å². The van der Waals surface area contributed by atoms with E-state index < -0.39 is 0 Å². The molecule has 2 aromatic carbocycles. The quantitative estimate of drug-likeness (QED) is 0.878. The van der Waals surface area contributed by atoms with E-state index in [1.807, 2.05) is 30.3 Å². The molecule has 0 radical (unpaired) electrons. The molecule has 0 spiro atoms. The summed E-state index contributed by atoms with van der Waals surface area (Å²) < 4.78 is 1.12. The SMILES string of the molecule is CC(NCc1cccc(CO)c1)c1ccccc1Br. The Kier molecular flexibility index (Phi) is 5.14. The number of halogens is 1. The van der Waals surface area contributed by atoms with Crippen LogP contribution in [0, 0.1) is 0 Å². The molecule has 0 aromatic heterocycles. The van der Waals surface area contributed by atoms with E-state index in [1.54, 1.807) is 0 Å². The summed E-state index contributed by atoms with van der Waals surface area (Å²) >= 11 is 3.57. The minimum Gasteiger partial charge on any atom is -0.392 e. The molecule has 0 aliphatic heterocycles. The molecular formula is C16H18BrNO. The highest BCUT2D eigenvalue weighted by Crippen LogP contribution is 2.23. The molecule has 0 heterocycles. The lowest BCUT2D eigenvalue weighted by Crippen LogP contribution is -2.18. The van der Waals surface area contributed by atoms with Crippen LogP contribution in [0.25, 0.3) is 0 Å². The summed E-state index contributed by atoms with van der Waals surface area (Å²) in [5, 5.41) is 12.6. The standard InChI is InChI=1S/C16H18BrNO/c1-12(15-7-2-3-8-16(15)17)18-10-13-5-4-6-14(9-13)11-19/h2-9,12,18-19H,10-11H2,1H3. The molecule has 3 heteroatoms. The normalized spacial score (nSPS) is 12.4. The van der Waals surface area contributed by atoms with E-state index in [4.69, 9.17) is 5.11 Å². The zero-order valence-corrected chi connectivity index (χ0v) is 12.5. The smallest absolute Gasteiger partial charge is 0.0681 e. The molecule has 2 nitrogen and oxygen atoms in total. The van der Waals surface area contributed by atoms with Gasteiger partial charge in [0.25, 0.3) is 0 Å². The van der Waals surface area contributed by atoms with Crippen molar-refractivity contribution in [1.29, 1.82) is 0 Å². The first-order chi connectivity index (χ1) is 9.20. The van der Waals surface area contributed by atoms with Crippen molar-refractivity contribution < 1.29 is 5.11 Å². The molecule has 0 aliphatic rings. The number of hydrogen-bond donors (Lipinski definition) is 2. The van der Waals surface area contributed by atoms with Crippen LogP contribution in [0.4, 0.5) is 0 Å². The Hall–Kier alpha value is -1.16. The molecular weight excluding hydrogens is 302 g/mol. The molecule has 2 rings (SSSR count). The molecule has 0 amide bonds.